The lowest BCUT2D eigenvalue weighted by molar-refractivity contribution is 1.28. The number of hydrogen-bond donors (Lipinski definition) is 1. The lowest BCUT2D eigenvalue weighted by Gasteiger charge is -2.28. The van der Waals surface area contributed by atoms with Gasteiger partial charge in [-0.2, -0.15) is 0 Å². The highest BCUT2D eigenvalue weighted by molar-refractivity contribution is 9.11. The molecule has 0 radical (unpaired) electrons. The summed E-state index contributed by atoms with van der Waals surface area (Å²) in [5, 5.41) is 3.55. The van der Waals surface area contributed by atoms with Crippen LogP contribution < -0.4 is 10.2 Å². The van der Waals surface area contributed by atoms with Crippen LogP contribution in [0.1, 0.15) is 0 Å². The van der Waals surface area contributed by atoms with Gasteiger partial charge in [0.05, 0.1) is 5.69 Å². The summed E-state index contributed by atoms with van der Waals surface area (Å²) < 4.78 is 3.29. The minimum absolute atomic E-state index is 1.07. The first kappa shape index (κ1) is 44.8. The Morgan fingerprint density at radius 3 is 1.06 bits per heavy atom. The van der Waals surface area contributed by atoms with Crippen molar-refractivity contribution in [1.82, 2.24) is 0 Å². The summed E-state index contributed by atoms with van der Waals surface area (Å²) in [5.41, 5.74) is 15.3. The SMILES string of the molecule is Brc1ccc(Br)cc1.Brc1ccc(N(c2ccc(-c3ccccc3)cc2)c2ccccc2-c2ccccc2)cc1.c1ccc(-c2ccc(Nc3ccccc3-c3ccccc3)cc2)cc1. The Kier molecular flexibility index (Phi) is 15.7. The van der Waals surface area contributed by atoms with E-state index in [1.165, 1.54) is 44.5 Å². The van der Waals surface area contributed by atoms with E-state index in [1.807, 2.05) is 42.5 Å². The van der Waals surface area contributed by atoms with Crippen molar-refractivity contribution in [2.24, 2.45) is 0 Å². The van der Waals surface area contributed by atoms with Crippen LogP contribution in [0.4, 0.5) is 28.4 Å². The van der Waals surface area contributed by atoms with Crippen LogP contribution in [-0.4, -0.2) is 0 Å². The topological polar surface area (TPSA) is 15.3 Å². The third kappa shape index (κ3) is 12.3. The van der Waals surface area contributed by atoms with Crippen LogP contribution in [0.15, 0.2) is 280 Å². The molecule has 10 aromatic carbocycles. The van der Waals surface area contributed by atoms with Crippen molar-refractivity contribution in [3.05, 3.63) is 280 Å². The van der Waals surface area contributed by atoms with Gasteiger partial charge < -0.3 is 10.2 Å². The summed E-state index contributed by atoms with van der Waals surface area (Å²) >= 11 is 10.2. The first-order chi connectivity index (χ1) is 32.0. The quantitative estimate of drug-likeness (QED) is 0.155. The summed E-state index contributed by atoms with van der Waals surface area (Å²) in [7, 11) is 0. The van der Waals surface area contributed by atoms with Gasteiger partial charge in [-0.25, -0.2) is 0 Å². The summed E-state index contributed by atoms with van der Waals surface area (Å²) in [4.78, 5) is 2.32. The summed E-state index contributed by atoms with van der Waals surface area (Å²) in [6.45, 7) is 0. The van der Waals surface area contributed by atoms with Crippen LogP contribution >= 0.6 is 47.8 Å². The zero-order valence-electron chi connectivity index (χ0n) is 35.5. The van der Waals surface area contributed by atoms with Crippen molar-refractivity contribution in [2.75, 3.05) is 10.2 Å². The van der Waals surface area contributed by atoms with Gasteiger partial charge in [0.25, 0.3) is 0 Å². The summed E-state index contributed by atoms with van der Waals surface area (Å²) in [6.07, 6.45) is 0. The summed E-state index contributed by atoms with van der Waals surface area (Å²) in [6, 6.07) is 92.7. The fourth-order valence-electron chi connectivity index (χ4n) is 7.40. The first-order valence-electron chi connectivity index (χ1n) is 21.3. The van der Waals surface area contributed by atoms with Gasteiger partial charge in [-0.3, -0.25) is 0 Å². The number of para-hydroxylation sites is 2. The highest BCUT2D eigenvalue weighted by Gasteiger charge is 2.17. The number of halogens is 3. The molecule has 0 aliphatic rings. The van der Waals surface area contributed by atoms with E-state index in [-0.39, 0.29) is 0 Å². The van der Waals surface area contributed by atoms with E-state index in [4.69, 9.17) is 0 Å². The normalized spacial score (nSPS) is 10.4. The third-order valence-corrected chi connectivity index (χ3v) is 12.2. The lowest BCUT2D eigenvalue weighted by Crippen LogP contribution is -2.11. The van der Waals surface area contributed by atoms with Crippen LogP contribution in [-0.2, 0) is 0 Å². The number of benzene rings is 10. The van der Waals surface area contributed by atoms with E-state index in [0.717, 1.165) is 41.9 Å². The number of hydrogen-bond acceptors (Lipinski definition) is 2. The van der Waals surface area contributed by atoms with E-state index in [1.54, 1.807) is 0 Å². The van der Waals surface area contributed by atoms with Crippen LogP contribution in [0.25, 0.3) is 44.5 Å². The van der Waals surface area contributed by atoms with Gasteiger partial charge in [-0.15, -0.1) is 0 Å². The average Bonchev–Trinajstić information content (AvgIpc) is 3.38. The van der Waals surface area contributed by atoms with Crippen molar-refractivity contribution in [2.45, 2.75) is 0 Å². The Balaban J connectivity index is 0.000000155. The lowest BCUT2D eigenvalue weighted by atomic mass is 10.0. The molecule has 0 bridgehead atoms. The third-order valence-electron chi connectivity index (χ3n) is 10.6. The number of rotatable bonds is 9. The predicted molar refractivity (Wildman–Crippen MR) is 289 cm³/mol. The molecule has 65 heavy (non-hydrogen) atoms. The number of anilines is 5. The molecule has 10 aromatic rings. The Morgan fingerprint density at radius 2 is 0.585 bits per heavy atom. The standard InChI is InChI=1S/C30H22BrN.C24H19N.C6H4Br2/c31-26-17-21-28(22-18-26)32(27-19-15-24(16-20-27)23-9-3-1-4-10-23)30-14-8-7-13-29(30)25-11-5-2-6-12-25;1-3-9-19(10-4-1)20-15-17-22(18-16-20)25-24-14-8-7-13-23(24)21-11-5-2-6-12-21;7-5-1-2-6(8)4-3-5/h1-22H;1-18,25H;1-4H. The Morgan fingerprint density at radius 1 is 0.262 bits per heavy atom. The van der Waals surface area contributed by atoms with Gasteiger partial charge in [0.15, 0.2) is 0 Å². The van der Waals surface area contributed by atoms with E-state index in [9.17, 15) is 0 Å². The molecule has 0 spiro atoms. The van der Waals surface area contributed by atoms with Crippen molar-refractivity contribution in [3.63, 3.8) is 0 Å². The van der Waals surface area contributed by atoms with Crippen molar-refractivity contribution in [1.29, 1.82) is 0 Å². The molecular weight excluding hydrogens is 988 g/mol. The monoisotopic (exact) mass is 1030 g/mol. The van der Waals surface area contributed by atoms with Gasteiger partial charge in [-0.1, -0.05) is 230 Å². The molecule has 0 atom stereocenters. The fourth-order valence-corrected chi connectivity index (χ4v) is 8.20. The maximum Gasteiger partial charge on any atom is 0.0540 e. The number of nitrogens with zero attached hydrogens (tertiary/aromatic N) is 1. The van der Waals surface area contributed by atoms with Crippen molar-refractivity contribution in [3.8, 4) is 44.5 Å². The van der Waals surface area contributed by atoms with E-state index in [2.05, 4.69) is 282 Å². The molecule has 1 N–H and O–H groups in total. The molecule has 0 saturated heterocycles. The average molecular weight is 1030 g/mol. The molecule has 0 fully saturated rings. The van der Waals surface area contributed by atoms with Crippen molar-refractivity contribution >= 4 is 76.2 Å². The van der Waals surface area contributed by atoms with E-state index in [0.29, 0.717) is 0 Å². The zero-order valence-corrected chi connectivity index (χ0v) is 40.2. The second-order valence-corrected chi connectivity index (χ2v) is 17.8. The van der Waals surface area contributed by atoms with Crippen LogP contribution in [0, 0.1) is 0 Å². The van der Waals surface area contributed by atoms with Gasteiger partial charge >= 0.3 is 0 Å². The Hall–Kier alpha value is -6.76. The smallest absolute Gasteiger partial charge is 0.0540 e. The molecule has 0 heterocycles. The molecule has 10 rings (SSSR count). The minimum Gasteiger partial charge on any atom is -0.355 e. The zero-order chi connectivity index (χ0) is 44.6. The number of nitrogens with one attached hydrogen (secondary N) is 1. The van der Waals surface area contributed by atoms with Gasteiger partial charge in [0, 0.05) is 47.3 Å². The van der Waals surface area contributed by atoms with Crippen molar-refractivity contribution < 1.29 is 0 Å². The Bertz CT molecular complexity index is 2960. The highest BCUT2D eigenvalue weighted by atomic mass is 79.9. The van der Waals surface area contributed by atoms with Gasteiger partial charge in [-0.05, 0) is 118 Å². The molecular formula is C60H45Br3N2. The Labute approximate surface area is 408 Å². The van der Waals surface area contributed by atoms with Crippen LogP contribution in [0.2, 0.25) is 0 Å². The molecule has 0 aliphatic carbocycles. The predicted octanol–water partition coefficient (Wildman–Crippen LogP) is 19.2. The molecule has 0 aliphatic heterocycles. The first-order valence-corrected chi connectivity index (χ1v) is 23.7. The molecule has 5 heteroatoms. The molecule has 0 amide bonds. The van der Waals surface area contributed by atoms with E-state index < -0.39 is 0 Å². The second kappa shape index (κ2) is 22.7. The van der Waals surface area contributed by atoms with Gasteiger partial charge in [0.1, 0.15) is 0 Å². The molecule has 0 aromatic heterocycles. The van der Waals surface area contributed by atoms with Crippen LogP contribution in [0.5, 0.6) is 0 Å². The minimum atomic E-state index is 1.07. The largest absolute Gasteiger partial charge is 0.355 e. The molecule has 2 nitrogen and oxygen atoms in total. The van der Waals surface area contributed by atoms with Crippen LogP contribution in [0.3, 0.4) is 0 Å². The van der Waals surface area contributed by atoms with E-state index >= 15 is 0 Å². The highest BCUT2D eigenvalue weighted by Crippen LogP contribution is 2.41. The van der Waals surface area contributed by atoms with Gasteiger partial charge in [0.2, 0.25) is 0 Å². The second-order valence-electron chi connectivity index (χ2n) is 15.0. The fraction of sp³-hybridized carbons (Fsp3) is 0. The molecule has 0 saturated carbocycles. The molecule has 0 unspecified atom stereocenters. The maximum absolute atomic E-state index is 3.58. The molecule has 316 valence electrons. The maximum atomic E-state index is 3.58. The summed E-state index contributed by atoms with van der Waals surface area (Å²) in [5.74, 6) is 0.